The zero-order valence-corrected chi connectivity index (χ0v) is 8.95. The Labute approximate surface area is 91.3 Å². The van der Waals surface area contributed by atoms with Gasteiger partial charge in [-0.2, -0.15) is 4.80 Å². The van der Waals surface area contributed by atoms with E-state index in [4.69, 9.17) is 5.11 Å². The van der Waals surface area contributed by atoms with Crippen LogP contribution in [0.15, 0.2) is 12.3 Å². The molecule has 0 aliphatic carbocycles. The standard InChI is InChI=1S/C9H11N5O2/c1-6-3-4-14(8(6)9(15)16)5-7-10-12-13(2)11-7/h3-4H,5H2,1-2H3,(H,15,16). The second-order valence-corrected chi connectivity index (χ2v) is 3.48. The summed E-state index contributed by atoms with van der Waals surface area (Å²) in [5.74, 6) is -0.466. The second kappa shape index (κ2) is 3.76. The summed E-state index contributed by atoms with van der Waals surface area (Å²) >= 11 is 0. The minimum absolute atomic E-state index is 0.257. The first-order chi connectivity index (χ1) is 7.58. The average Bonchev–Trinajstić information content (AvgIpc) is 2.74. The molecular weight excluding hydrogens is 210 g/mol. The SMILES string of the molecule is Cc1ccn(Cc2nnn(C)n2)c1C(=O)O. The Balaban J connectivity index is 2.31. The zero-order chi connectivity index (χ0) is 11.7. The van der Waals surface area contributed by atoms with Crippen LogP contribution < -0.4 is 0 Å². The summed E-state index contributed by atoms with van der Waals surface area (Å²) in [6, 6.07) is 1.75. The molecule has 0 radical (unpaired) electrons. The molecule has 2 rings (SSSR count). The minimum atomic E-state index is -0.952. The van der Waals surface area contributed by atoms with Crippen molar-refractivity contribution in [2.24, 2.45) is 7.05 Å². The molecular formula is C9H11N5O2. The normalized spacial score (nSPS) is 10.6. The van der Waals surface area contributed by atoms with Gasteiger partial charge in [0, 0.05) is 6.20 Å². The van der Waals surface area contributed by atoms with Gasteiger partial charge in [-0.25, -0.2) is 4.79 Å². The number of rotatable bonds is 3. The molecule has 0 bridgehead atoms. The average molecular weight is 221 g/mol. The fourth-order valence-corrected chi connectivity index (χ4v) is 1.54. The van der Waals surface area contributed by atoms with E-state index in [0.717, 1.165) is 5.56 Å². The van der Waals surface area contributed by atoms with Gasteiger partial charge in [0.15, 0.2) is 5.82 Å². The van der Waals surface area contributed by atoms with Gasteiger partial charge >= 0.3 is 5.97 Å². The highest BCUT2D eigenvalue weighted by Gasteiger charge is 2.14. The minimum Gasteiger partial charge on any atom is -0.477 e. The van der Waals surface area contributed by atoms with Crippen LogP contribution >= 0.6 is 0 Å². The van der Waals surface area contributed by atoms with Crippen molar-refractivity contribution in [3.63, 3.8) is 0 Å². The first-order valence-electron chi connectivity index (χ1n) is 4.70. The molecule has 16 heavy (non-hydrogen) atoms. The molecule has 0 aliphatic heterocycles. The summed E-state index contributed by atoms with van der Waals surface area (Å²) in [6.07, 6.45) is 1.70. The van der Waals surface area contributed by atoms with E-state index in [1.165, 1.54) is 4.80 Å². The third-order valence-corrected chi connectivity index (χ3v) is 2.23. The fraction of sp³-hybridized carbons (Fsp3) is 0.333. The highest BCUT2D eigenvalue weighted by atomic mass is 16.4. The number of carboxylic acid groups (broad SMARTS) is 1. The van der Waals surface area contributed by atoms with Crippen LogP contribution in [-0.4, -0.2) is 35.9 Å². The predicted octanol–water partition coefficient (Wildman–Crippen LogP) is 0.0665. The quantitative estimate of drug-likeness (QED) is 0.792. The Morgan fingerprint density at radius 2 is 2.31 bits per heavy atom. The van der Waals surface area contributed by atoms with E-state index in [0.29, 0.717) is 12.4 Å². The summed E-state index contributed by atoms with van der Waals surface area (Å²) in [7, 11) is 1.66. The smallest absolute Gasteiger partial charge is 0.352 e. The van der Waals surface area contributed by atoms with Crippen LogP contribution in [0.4, 0.5) is 0 Å². The Morgan fingerprint density at radius 3 is 2.88 bits per heavy atom. The van der Waals surface area contributed by atoms with Gasteiger partial charge in [-0.3, -0.25) is 0 Å². The highest BCUT2D eigenvalue weighted by molar-refractivity contribution is 5.87. The Bertz CT molecular complexity index is 528. The fourth-order valence-electron chi connectivity index (χ4n) is 1.54. The van der Waals surface area contributed by atoms with Gasteiger partial charge in [-0.15, -0.1) is 10.2 Å². The molecule has 0 unspecified atom stereocenters. The maximum atomic E-state index is 11.0. The van der Waals surface area contributed by atoms with Crippen LogP contribution in [0.2, 0.25) is 0 Å². The molecule has 0 saturated carbocycles. The number of carbonyl (C=O) groups is 1. The number of hydrogen-bond donors (Lipinski definition) is 1. The Morgan fingerprint density at radius 1 is 1.56 bits per heavy atom. The molecule has 84 valence electrons. The first kappa shape index (κ1) is 10.3. The van der Waals surface area contributed by atoms with Crippen molar-refractivity contribution in [3.05, 3.63) is 29.3 Å². The lowest BCUT2D eigenvalue weighted by Gasteiger charge is -2.03. The number of aromatic carboxylic acids is 1. The third kappa shape index (κ3) is 1.79. The third-order valence-electron chi connectivity index (χ3n) is 2.23. The summed E-state index contributed by atoms with van der Waals surface area (Å²) in [4.78, 5) is 12.4. The molecule has 2 aromatic rings. The van der Waals surface area contributed by atoms with Crippen molar-refractivity contribution in [2.75, 3.05) is 0 Å². The lowest BCUT2D eigenvalue weighted by Crippen LogP contribution is -2.11. The lowest BCUT2D eigenvalue weighted by molar-refractivity contribution is 0.0685. The highest BCUT2D eigenvalue weighted by Crippen LogP contribution is 2.10. The molecule has 2 heterocycles. The van der Waals surface area contributed by atoms with Crippen molar-refractivity contribution in [1.29, 1.82) is 0 Å². The Kier molecular flexibility index (Phi) is 2.43. The largest absolute Gasteiger partial charge is 0.477 e. The Hall–Kier alpha value is -2.18. The number of hydrogen-bond acceptors (Lipinski definition) is 4. The van der Waals surface area contributed by atoms with Gasteiger partial charge in [0.1, 0.15) is 5.69 Å². The monoisotopic (exact) mass is 221 g/mol. The molecule has 0 amide bonds. The summed E-state index contributed by atoms with van der Waals surface area (Å²) < 4.78 is 1.59. The maximum absolute atomic E-state index is 11.0. The van der Waals surface area contributed by atoms with Crippen molar-refractivity contribution in [2.45, 2.75) is 13.5 Å². The van der Waals surface area contributed by atoms with Crippen molar-refractivity contribution < 1.29 is 9.90 Å². The van der Waals surface area contributed by atoms with Crippen molar-refractivity contribution >= 4 is 5.97 Å². The molecule has 0 atom stereocenters. The molecule has 0 fully saturated rings. The lowest BCUT2D eigenvalue weighted by atomic mass is 10.3. The summed E-state index contributed by atoms with van der Waals surface area (Å²) in [5, 5.41) is 20.5. The molecule has 7 heteroatoms. The van der Waals surface area contributed by atoms with Gasteiger partial charge in [0.25, 0.3) is 0 Å². The molecule has 0 saturated heterocycles. The van der Waals surface area contributed by atoms with E-state index in [-0.39, 0.29) is 5.69 Å². The van der Waals surface area contributed by atoms with E-state index in [2.05, 4.69) is 15.4 Å². The van der Waals surface area contributed by atoms with Gasteiger partial charge in [-0.05, 0) is 23.8 Å². The second-order valence-electron chi connectivity index (χ2n) is 3.48. The van der Waals surface area contributed by atoms with E-state index < -0.39 is 5.97 Å². The number of carboxylic acids is 1. The molecule has 0 aromatic carbocycles. The van der Waals surface area contributed by atoms with Crippen LogP contribution in [0.25, 0.3) is 0 Å². The van der Waals surface area contributed by atoms with Crippen LogP contribution in [-0.2, 0) is 13.6 Å². The van der Waals surface area contributed by atoms with Crippen molar-refractivity contribution in [3.8, 4) is 0 Å². The molecule has 0 aliphatic rings. The van der Waals surface area contributed by atoms with E-state index in [1.54, 1.807) is 30.8 Å². The van der Waals surface area contributed by atoms with Crippen LogP contribution in [0.3, 0.4) is 0 Å². The van der Waals surface area contributed by atoms with Crippen LogP contribution in [0.5, 0.6) is 0 Å². The maximum Gasteiger partial charge on any atom is 0.352 e. The topological polar surface area (TPSA) is 85.8 Å². The van der Waals surface area contributed by atoms with Crippen molar-refractivity contribution in [1.82, 2.24) is 24.8 Å². The molecule has 7 nitrogen and oxygen atoms in total. The first-order valence-corrected chi connectivity index (χ1v) is 4.70. The number of aryl methyl sites for hydroxylation is 2. The van der Waals surface area contributed by atoms with Gasteiger partial charge in [0.05, 0.1) is 13.6 Å². The zero-order valence-electron chi connectivity index (χ0n) is 8.95. The van der Waals surface area contributed by atoms with Gasteiger partial charge in [0.2, 0.25) is 0 Å². The molecule has 1 N–H and O–H groups in total. The van der Waals surface area contributed by atoms with Crippen LogP contribution in [0.1, 0.15) is 21.9 Å². The molecule has 0 spiro atoms. The van der Waals surface area contributed by atoms with E-state index >= 15 is 0 Å². The number of nitrogens with zero attached hydrogens (tertiary/aromatic N) is 5. The van der Waals surface area contributed by atoms with E-state index in [9.17, 15) is 4.79 Å². The number of tetrazole rings is 1. The summed E-state index contributed by atoms with van der Waals surface area (Å²) in [5.41, 5.74) is 0.976. The van der Waals surface area contributed by atoms with Gasteiger partial charge < -0.3 is 9.67 Å². The molecule has 2 aromatic heterocycles. The predicted molar refractivity (Wildman–Crippen MR) is 54.0 cm³/mol. The van der Waals surface area contributed by atoms with Gasteiger partial charge in [-0.1, -0.05) is 0 Å². The van der Waals surface area contributed by atoms with Crippen LogP contribution in [0, 0.1) is 6.92 Å². The summed E-state index contributed by atoms with van der Waals surface area (Å²) in [6.45, 7) is 2.06. The number of aromatic nitrogens is 5. The van der Waals surface area contributed by atoms with E-state index in [1.807, 2.05) is 0 Å².